The second-order valence-electron chi connectivity index (χ2n) is 4.85. The Morgan fingerprint density at radius 2 is 1.70 bits per heavy atom. The number of rotatable bonds is 6. The summed E-state index contributed by atoms with van der Waals surface area (Å²) in [5.41, 5.74) is 1.12. The Morgan fingerprint density at radius 1 is 1.05 bits per heavy atom. The Labute approximate surface area is 119 Å². The van der Waals surface area contributed by atoms with E-state index in [9.17, 15) is 10.2 Å². The van der Waals surface area contributed by atoms with Gasteiger partial charge in [-0.2, -0.15) is 0 Å². The van der Waals surface area contributed by atoms with Gasteiger partial charge in [0, 0.05) is 11.4 Å². The summed E-state index contributed by atoms with van der Waals surface area (Å²) in [7, 11) is 1.66. The normalized spacial score (nSPS) is 12.8. The summed E-state index contributed by atoms with van der Waals surface area (Å²) in [6.45, 7) is 1.84. The van der Waals surface area contributed by atoms with Gasteiger partial charge in [-0.05, 0) is 23.9 Å². The molecule has 4 nitrogen and oxygen atoms in total. The number of aliphatic hydroxyl groups excluding tert-OH is 2. The Kier molecular flexibility index (Phi) is 4.95. The van der Waals surface area contributed by atoms with Crippen LogP contribution in [0, 0.1) is 0 Å². The maximum atomic E-state index is 9.17. The van der Waals surface area contributed by atoms with Crippen molar-refractivity contribution in [1.29, 1.82) is 0 Å². The molecule has 4 heteroatoms. The number of hydrogen-bond donors (Lipinski definition) is 3. The Bertz CT molecular complexity index is 567. The molecular weight excluding hydrogens is 254 g/mol. The van der Waals surface area contributed by atoms with Crippen LogP contribution in [0.2, 0.25) is 0 Å². The lowest BCUT2D eigenvalue weighted by Gasteiger charge is -2.22. The van der Waals surface area contributed by atoms with Crippen LogP contribution in [0.4, 0.5) is 0 Å². The van der Waals surface area contributed by atoms with Crippen molar-refractivity contribution in [2.24, 2.45) is 0 Å². The Morgan fingerprint density at radius 3 is 2.30 bits per heavy atom. The molecule has 2 rings (SSSR count). The molecule has 0 saturated heterocycles. The highest BCUT2D eigenvalue weighted by Gasteiger charge is 2.15. The van der Waals surface area contributed by atoms with Crippen molar-refractivity contribution in [3.8, 4) is 5.75 Å². The lowest BCUT2D eigenvalue weighted by molar-refractivity contribution is 0.164. The first kappa shape index (κ1) is 14.8. The average molecular weight is 275 g/mol. The smallest absolute Gasteiger partial charge is 0.126 e. The minimum Gasteiger partial charge on any atom is -0.496 e. The Balaban J connectivity index is 2.39. The summed E-state index contributed by atoms with van der Waals surface area (Å²) in [5.74, 6) is 0.845. The molecule has 108 valence electrons. The molecule has 0 radical (unpaired) electrons. The molecule has 0 aromatic heterocycles. The van der Waals surface area contributed by atoms with Crippen LogP contribution in [0.3, 0.4) is 0 Å². The first-order valence-corrected chi connectivity index (χ1v) is 6.74. The van der Waals surface area contributed by atoms with Gasteiger partial charge in [0.15, 0.2) is 0 Å². The summed E-state index contributed by atoms with van der Waals surface area (Å²) < 4.78 is 5.39. The molecule has 0 amide bonds. The molecular formula is C16H21NO3. The molecule has 0 heterocycles. The van der Waals surface area contributed by atoms with Gasteiger partial charge in [0.25, 0.3) is 0 Å². The highest BCUT2D eigenvalue weighted by Crippen LogP contribution is 2.31. The van der Waals surface area contributed by atoms with Crippen molar-refractivity contribution in [1.82, 2.24) is 5.32 Å². The molecule has 0 fully saturated rings. The van der Waals surface area contributed by atoms with Gasteiger partial charge in [-0.3, -0.25) is 0 Å². The quantitative estimate of drug-likeness (QED) is 0.753. The van der Waals surface area contributed by atoms with Gasteiger partial charge in [-0.1, -0.05) is 30.3 Å². The summed E-state index contributed by atoms with van der Waals surface area (Å²) >= 11 is 0. The van der Waals surface area contributed by atoms with E-state index in [1.165, 1.54) is 0 Å². The zero-order valence-corrected chi connectivity index (χ0v) is 11.8. The fourth-order valence-corrected chi connectivity index (χ4v) is 2.46. The van der Waals surface area contributed by atoms with Gasteiger partial charge >= 0.3 is 0 Å². The van der Waals surface area contributed by atoms with Gasteiger partial charge in [0.2, 0.25) is 0 Å². The monoisotopic (exact) mass is 275 g/mol. The van der Waals surface area contributed by atoms with Crippen molar-refractivity contribution >= 4 is 10.8 Å². The zero-order valence-electron chi connectivity index (χ0n) is 11.8. The van der Waals surface area contributed by atoms with Crippen molar-refractivity contribution in [3.63, 3.8) is 0 Å². The van der Waals surface area contributed by atoms with Crippen LogP contribution in [-0.4, -0.2) is 36.6 Å². The number of nitrogens with one attached hydrogen (secondary N) is 1. The SMILES string of the molecule is COc1ccc(C(C)NC(CO)CO)c2ccccc12. The van der Waals surface area contributed by atoms with Crippen molar-refractivity contribution < 1.29 is 14.9 Å². The molecule has 0 bridgehead atoms. The maximum Gasteiger partial charge on any atom is 0.126 e. The van der Waals surface area contributed by atoms with Crippen LogP contribution in [0.15, 0.2) is 36.4 Å². The summed E-state index contributed by atoms with van der Waals surface area (Å²) in [4.78, 5) is 0. The topological polar surface area (TPSA) is 61.7 Å². The second kappa shape index (κ2) is 6.70. The van der Waals surface area contributed by atoms with Gasteiger partial charge in [-0.15, -0.1) is 0 Å². The lowest BCUT2D eigenvalue weighted by Crippen LogP contribution is -2.37. The van der Waals surface area contributed by atoms with E-state index in [1.807, 2.05) is 37.3 Å². The first-order chi connectivity index (χ1) is 9.71. The molecule has 0 saturated carbocycles. The van der Waals surface area contributed by atoms with E-state index >= 15 is 0 Å². The van der Waals surface area contributed by atoms with Crippen LogP contribution < -0.4 is 10.1 Å². The van der Waals surface area contributed by atoms with E-state index in [1.54, 1.807) is 7.11 Å². The number of fused-ring (bicyclic) bond motifs is 1. The maximum absolute atomic E-state index is 9.17. The van der Waals surface area contributed by atoms with Crippen LogP contribution >= 0.6 is 0 Å². The molecule has 1 atom stereocenters. The predicted molar refractivity (Wildman–Crippen MR) is 80.0 cm³/mol. The van der Waals surface area contributed by atoms with E-state index in [-0.39, 0.29) is 25.3 Å². The molecule has 3 N–H and O–H groups in total. The summed E-state index contributed by atoms with van der Waals surface area (Å²) in [6, 6.07) is 11.7. The van der Waals surface area contributed by atoms with Crippen LogP contribution in [0.5, 0.6) is 5.75 Å². The third-order valence-electron chi connectivity index (χ3n) is 3.53. The van der Waals surface area contributed by atoms with E-state index < -0.39 is 0 Å². The van der Waals surface area contributed by atoms with E-state index in [2.05, 4.69) is 11.4 Å². The van der Waals surface area contributed by atoms with E-state index in [0.29, 0.717) is 0 Å². The highest BCUT2D eigenvalue weighted by molar-refractivity contribution is 5.91. The third kappa shape index (κ3) is 2.93. The molecule has 0 aliphatic heterocycles. The van der Waals surface area contributed by atoms with Crippen molar-refractivity contribution in [3.05, 3.63) is 42.0 Å². The fraction of sp³-hybridized carbons (Fsp3) is 0.375. The summed E-state index contributed by atoms with van der Waals surface area (Å²) in [5, 5.41) is 23.7. The molecule has 0 aliphatic rings. The highest BCUT2D eigenvalue weighted by atomic mass is 16.5. The number of benzene rings is 2. The van der Waals surface area contributed by atoms with Crippen LogP contribution in [0.1, 0.15) is 18.5 Å². The average Bonchev–Trinajstić information content (AvgIpc) is 2.51. The van der Waals surface area contributed by atoms with Crippen molar-refractivity contribution in [2.45, 2.75) is 19.0 Å². The third-order valence-corrected chi connectivity index (χ3v) is 3.53. The standard InChI is InChI=1S/C16H21NO3/c1-11(17-12(9-18)10-19)13-7-8-16(20-2)15-6-4-3-5-14(13)15/h3-8,11-12,17-19H,9-10H2,1-2H3. The predicted octanol–water partition coefficient (Wildman–Crippen LogP) is 1.85. The fourth-order valence-electron chi connectivity index (χ4n) is 2.46. The minimum atomic E-state index is -0.314. The molecule has 20 heavy (non-hydrogen) atoms. The number of hydrogen-bond acceptors (Lipinski definition) is 4. The van der Waals surface area contributed by atoms with Gasteiger partial charge in [0.1, 0.15) is 5.75 Å². The molecule has 2 aromatic carbocycles. The molecule has 0 spiro atoms. The minimum absolute atomic E-state index is 0.0232. The van der Waals surface area contributed by atoms with Crippen molar-refractivity contribution in [2.75, 3.05) is 20.3 Å². The number of methoxy groups -OCH3 is 1. The lowest BCUT2D eigenvalue weighted by atomic mass is 9.98. The Hall–Kier alpha value is -1.62. The summed E-state index contributed by atoms with van der Waals surface area (Å²) in [6.07, 6.45) is 0. The van der Waals surface area contributed by atoms with Gasteiger partial charge in [-0.25, -0.2) is 0 Å². The van der Waals surface area contributed by atoms with Gasteiger partial charge < -0.3 is 20.3 Å². The van der Waals surface area contributed by atoms with Crippen LogP contribution in [0.25, 0.3) is 10.8 Å². The van der Waals surface area contributed by atoms with Crippen LogP contribution in [-0.2, 0) is 0 Å². The van der Waals surface area contributed by atoms with E-state index in [0.717, 1.165) is 22.1 Å². The second-order valence-corrected chi connectivity index (χ2v) is 4.85. The molecule has 2 aromatic rings. The number of ether oxygens (including phenoxy) is 1. The first-order valence-electron chi connectivity index (χ1n) is 6.74. The molecule has 0 aliphatic carbocycles. The molecule has 1 unspecified atom stereocenters. The number of aliphatic hydroxyl groups is 2. The van der Waals surface area contributed by atoms with E-state index in [4.69, 9.17) is 4.74 Å². The zero-order chi connectivity index (χ0) is 14.5. The van der Waals surface area contributed by atoms with Gasteiger partial charge in [0.05, 0.1) is 26.4 Å². The largest absolute Gasteiger partial charge is 0.496 e.